The monoisotopic (exact) mass is 414 g/mol. The highest BCUT2D eigenvalue weighted by molar-refractivity contribution is 9.10. The number of nitro benzene ring substituents is 1. The average molecular weight is 416 g/mol. The van der Waals surface area contributed by atoms with E-state index in [0.29, 0.717) is 16.7 Å². The predicted molar refractivity (Wildman–Crippen MR) is 88.8 cm³/mol. The van der Waals surface area contributed by atoms with E-state index >= 15 is 0 Å². The first-order chi connectivity index (χ1) is 10.0. The average Bonchev–Trinajstić information content (AvgIpc) is 2.47. The third-order valence-corrected chi connectivity index (χ3v) is 4.15. The number of nitrogens with zero attached hydrogens (tertiary/aromatic N) is 1. The van der Waals surface area contributed by atoms with E-state index < -0.39 is 4.92 Å². The molecule has 0 amide bonds. The van der Waals surface area contributed by atoms with Gasteiger partial charge in [0.1, 0.15) is 11.4 Å². The summed E-state index contributed by atoms with van der Waals surface area (Å²) in [7, 11) is 1.60. The van der Waals surface area contributed by atoms with Crippen LogP contribution in [0.4, 0.5) is 11.4 Å². The van der Waals surface area contributed by atoms with E-state index in [2.05, 4.69) is 37.2 Å². The van der Waals surface area contributed by atoms with Gasteiger partial charge in [-0.15, -0.1) is 0 Å². The highest BCUT2D eigenvalue weighted by Gasteiger charge is 2.14. The van der Waals surface area contributed by atoms with E-state index in [0.717, 1.165) is 15.8 Å². The molecule has 2 aromatic carbocycles. The molecule has 0 fully saturated rings. The Balaban J connectivity index is 2.22. The number of nitrogens with one attached hydrogen (secondary N) is 1. The van der Waals surface area contributed by atoms with E-state index in [1.165, 1.54) is 6.07 Å². The summed E-state index contributed by atoms with van der Waals surface area (Å²) in [5.41, 5.74) is 1.45. The lowest BCUT2D eigenvalue weighted by molar-refractivity contribution is -0.384. The molecule has 21 heavy (non-hydrogen) atoms. The van der Waals surface area contributed by atoms with Gasteiger partial charge in [-0.1, -0.05) is 31.9 Å². The minimum Gasteiger partial charge on any atom is -0.497 e. The molecule has 2 rings (SSSR count). The van der Waals surface area contributed by atoms with Crippen molar-refractivity contribution in [1.29, 1.82) is 0 Å². The molecular weight excluding hydrogens is 404 g/mol. The molecule has 0 aliphatic heterocycles. The van der Waals surface area contributed by atoms with Crippen molar-refractivity contribution < 1.29 is 9.66 Å². The molecule has 0 bridgehead atoms. The van der Waals surface area contributed by atoms with Crippen LogP contribution in [0.25, 0.3) is 0 Å². The van der Waals surface area contributed by atoms with Crippen LogP contribution in [0.2, 0.25) is 0 Å². The van der Waals surface area contributed by atoms with Crippen LogP contribution in [0, 0.1) is 10.1 Å². The minimum absolute atomic E-state index is 0.0309. The molecule has 0 atom stereocenters. The van der Waals surface area contributed by atoms with E-state index in [1.807, 2.05) is 18.2 Å². The van der Waals surface area contributed by atoms with E-state index in [4.69, 9.17) is 4.74 Å². The predicted octanol–water partition coefficient (Wildman–Crippen LogP) is 4.74. The van der Waals surface area contributed by atoms with Gasteiger partial charge in [0.2, 0.25) is 0 Å². The molecule has 0 saturated carbocycles. The van der Waals surface area contributed by atoms with Crippen molar-refractivity contribution in [1.82, 2.24) is 0 Å². The number of halogens is 2. The Labute approximate surface area is 138 Å². The standard InChI is InChI=1S/C14H12Br2N2O3/c1-21-11-3-4-12(16)9(6-11)8-17-13-5-2-10(15)7-14(13)18(19)20/h2-7,17H,8H2,1H3. The Kier molecular flexibility index (Phi) is 5.19. The molecule has 0 aliphatic rings. The second-order valence-electron chi connectivity index (χ2n) is 4.23. The largest absolute Gasteiger partial charge is 0.497 e. The van der Waals surface area contributed by atoms with Gasteiger partial charge >= 0.3 is 0 Å². The summed E-state index contributed by atoms with van der Waals surface area (Å²) in [6, 6.07) is 10.5. The van der Waals surface area contributed by atoms with Gasteiger partial charge < -0.3 is 10.1 Å². The van der Waals surface area contributed by atoms with Crippen molar-refractivity contribution in [2.75, 3.05) is 12.4 Å². The molecule has 110 valence electrons. The molecule has 0 heterocycles. The highest BCUT2D eigenvalue weighted by Crippen LogP contribution is 2.29. The van der Waals surface area contributed by atoms with E-state index in [1.54, 1.807) is 19.2 Å². The zero-order chi connectivity index (χ0) is 15.4. The fourth-order valence-corrected chi connectivity index (χ4v) is 2.55. The summed E-state index contributed by atoms with van der Waals surface area (Å²) in [6.45, 7) is 0.445. The summed E-state index contributed by atoms with van der Waals surface area (Å²) in [5.74, 6) is 0.736. The number of nitro groups is 1. The molecule has 0 saturated heterocycles. The second-order valence-corrected chi connectivity index (χ2v) is 6.00. The summed E-state index contributed by atoms with van der Waals surface area (Å²) in [4.78, 5) is 10.7. The van der Waals surface area contributed by atoms with E-state index in [9.17, 15) is 10.1 Å². The molecule has 7 heteroatoms. The van der Waals surface area contributed by atoms with Crippen LogP contribution in [0.1, 0.15) is 5.56 Å². The Bertz CT molecular complexity index is 677. The number of rotatable bonds is 5. The lowest BCUT2D eigenvalue weighted by Gasteiger charge is -2.10. The van der Waals surface area contributed by atoms with Crippen LogP contribution < -0.4 is 10.1 Å². The topological polar surface area (TPSA) is 64.4 Å². The first-order valence-corrected chi connectivity index (χ1v) is 7.60. The van der Waals surface area contributed by atoms with Crippen molar-refractivity contribution in [3.8, 4) is 5.75 Å². The number of hydrogen-bond donors (Lipinski definition) is 1. The molecular formula is C14H12Br2N2O3. The van der Waals surface area contributed by atoms with Crippen molar-refractivity contribution in [2.45, 2.75) is 6.54 Å². The van der Waals surface area contributed by atoms with Gasteiger partial charge in [-0.25, -0.2) is 0 Å². The molecule has 0 unspecified atom stereocenters. The van der Waals surface area contributed by atoms with Gasteiger partial charge in [0.05, 0.1) is 12.0 Å². The quantitative estimate of drug-likeness (QED) is 0.565. The van der Waals surface area contributed by atoms with Gasteiger partial charge in [-0.2, -0.15) is 0 Å². The first-order valence-electron chi connectivity index (χ1n) is 6.01. The number of benzene rings is 2. The SMILES string of the molecule is COc1ccc(Br)c(CNc2ccc(Br)cc2[N+](=O)[O-])c1. The molecule has 1 N–H and O–H groups in total. The van der Waals surface area contributed by atoms with Crippen LogP contribution in [-0.4, -0.2) is 12.0 Å². The van der Waals surface area contributed by atoms with Gasteiger partial charge in [0.25, 0.3) is 5.69 Å². The maximum Gasteiger partial charge on any atom is 0.293 e. The summed E-state index contributed by atoms with van der Waals surface area (Å²) >= 11 is 6.69. The second kappa shape index (κ2) is 6.91. The Morgan fingerprint density at radius 2 is 2.00 bits per heavy atom. The van der Waals surface area contributed by atoms with Crippen molar-refractivity contribution in [3.63, 3.8) is 0 Å². The molecule has 0 radical (unpaired) electrons. The van der Waals surface area contributed by atoms with Crippen molar-refractivity contribution >= 4 is 43.2 Å². The number of methoxy groups -OCH3 is 1. The molecule has 5 nitrogen and oxygen atoms in total. The van der Waals surface area contributed by atoms with Crippen LogP contribution >= 0.6 is 31.9 Å². The van der Waals surface area contributed by atoms with Crippen LogP contribution in [0.15, 0.2) is 45.3 Å². The molecule has 0 spiro atoms. The van der Waals surface area contributed by atoms with Crippen molar-refractivity contribution in [2.24, 2.45) is 0 Å². The number of ether oxygens (including phenoxy) is 1. The fourth-order valence-electron chi connectivity index (χ4n) is 1.81. The zero-order valence-corrected chi connectivity index (χ0v) is 14.3. The smallest absolute Gasteiger partial charge is 0.293 e. The maximum atomic E-state index is 11.1. The maximum absolute atomic E-state index is 11.1. The van der Waals surface area contributed by atoms with Crippen LogP contribution in [0.3, 0.4) is 0 Å². The third kappa shape index (κ3) is 3.95. The first kappa shape index (κ1) is 15.8. The Morgan fingerprint density at radius 3 is 2.67 bits per heavy atom. The van der Waals surface area contributed by atoms with Gasteiger partial charge in [0, 0.05) is 21.6 Å². The zero-order valence-electron chi connectivity index (χ0n) is 11.1. The van der Waals surface area contributed by atoms with Crippen molar-refractivity contribution in [3.05, 3.63) is 61.0 Å². The molecule has 2 aromatic rings. The normalized spacial score (nSPS) is 10.2. The number of anilines is 1. The minimum atomic E-state index is -0.409. The Morgan fingerprint density at radius 1 is 1.24 bits per heavy atom. The highest BCUT2D eigenvalue weighted by atomic mass is 79.9. The summed E-state index contributed by atoms with van der Waals surface area (Å²) in [5, 5.41) is 14.2. The van der Waals surface area contributed by atoms with E-state index in [-0.39, 0.29) is 5.69 Å². The van der Waals surface area contributed by atoms with Crippen LogP contribution in [0.5, 0.6) is 5.75 Å². The fraction of sp³-hybridized carbons (Fsp3) is 0.143. The summed E-state index contributed by atoms with van der Waals surface area (Å²) in [6.07, 6.45) is 0. The van der Waals surface area contributed by atoms with Gasteiger partial charge in [0.15, 0.2) is 0 Å². The lowest BCUT2D eigenvalue weighted by atomic mass is 10.2. The van der Waals surface area contributed by atoms with Crippen LogP contribution in [-0.2, 0) is 6.54 Å². The Hall–Kier alpha value is -1.60. The molecule has 0 aromatic heterocycles. The summed E-state index contributed by atoms with van der Waals surface area (Å²) < 4.78 is 6.76. The third-order valence-electron chi connectivity index (χ3n) is 2.88. The molecule has 0 aliphatic carbocycles. The van der Waals surface area contributed by atoms with Gasteiger partial charge in [-0.05, 0) is 35.9 Å². The van der Waals surface area contributed by atoms with Gasteiger partial charge in [-0.3, -0.25) is 10.1 Å². The number of hydrogen-bond acceptors (Lipinski definition) is 4. The lowest BCUT2D eigenvalue weighted by Crippen LogP contribution is -2.03.